The molecule has 1 atom stereocenters. The molecule has 2 rings (SSSR count). The average molecular weight is 282 g/mol. The monoisotopic (exact) mass is 282 g/mol. The number of nitrogens with two attached hydrogens (primary N) is 1. The third-order valence-electron chi connectivity index (χ3n) is 3.78. The summed E-state index contributed by atoms with van der Waals surface area (Å²) in [5, 5.41) is 2.47. The van der Waals surface area contributed by atoms with Crippen molar-refractivity contribution in [2.45, 2.75) is 44.6 Å². The van der Waals surface area contributed by atoms with E-state index >= 15 is 0 Å². The Morgan fingerprint density at radius 1 is 1.20 bits per heavy atom. The van der Waals surface area contributed by atoms with Crippen LogP contribution >= 0.6 is 0 Å². The van der Waals surface area contributed by atoms with Gasteiger partial charge in [-0.05, 0) is 24.5 Å². The van der Waals surface area contributed by atoms with Gasteiger partial charge in [-0.1, -0.05) is 32.1 Å². The lowest BCUT2D eigenvalue weighted by Crippen LogP contribution is -2.37. The molecule has 0 saturated heterocycles. The fraction of sp³-hybridized carbons (Fsp3) is 0.533. The van der Waals surface area contributed by atoms with Crippen molar-refractivity contribution >= 4 is 11.6 Å². The molecule has 1 fully saturated rings. The molecule has 5 heteroatoms. The molecule has 0 radical (unpaired) electrons. The molecule has 110 valence electrons. The first-order chi connectivity index (χ1) is 9.54. The molecule has 1 aromatic rings. The Balaban J connectivity index is 1.89. The predicted molar refractivity (Wildman–Crippen MR) is 74.2 cm³/mol. The molecule has 1 aromatic carbocycles. The minimum Gasteiger partial charge on any atom is -0.325 e. The summed E-state index contributed by atoms with van der Waals surface area (Å²) < 4.78 is 26.1. The number of hydrogen-bond acceptors (Lipinski definition) is 2. The van der Waals surface area contributed by atoms with E-state index in [0.717, 1.165) is 31.0 Å². The van der Waals surface area contributed by atoms with E-state index in [9.17, 15) is 13.6 Å². The Bertz CT molecular complexity index is 453. The van der Waals surface area contributed by atoms with Crippen molar-refractivity contribution in [3.8, 4) is 0 Å². The lowest BCUT2D eigenvalue weighted by atomic mass is 9.85. The van der Waals surface area contributed by atoms with Crippen LogP contribution in [0.2, 0.25) is 0 Å². The largest absolute Gasteiger partial charge is 0.325 e. The van der Waals surface area contributed by atoms with Crippen LogP contribution in [0.1, 0.15) is 38.5 Å². The quantitative estimate of drug-likeness (QED) is 0.891. The maximum Gasteiger partial charge on any atom is 0.241 e. The molecule has 1 aliphatic rings. The number of nitrogens with one attached hydrogen (secondary N) is 1. The predicted octanol–water partition coefficient (Wildman–Crippen LogP) is 3.20. The van der Waals surface area contributed by atoms with Crippen molar-refractivity contribution in [1.29, 1.82) is 0 Å². The molecular formula is C15H20F2N2O. The van der Waals surface area contributed by atoms with Crippen LogP contribution in [0.3, 0.4) is 0 Å². The van der Waals surface area contributed by atoms with Crippen LogP contribution in [0, 0.1) is 17.6 Å². The van der Waals surface area contributed by atoms with Crippen LogP contribution in [0.4, 0.5) is 14.5 Å². The highest BCUT2D eigenvalue weighted by Gasteiger charge is 2.21. The first-order valence-corrected chi connectivity index (χ1v) is 7.07. The van der Waals surface area contributed by atoms with Gasteiger partial charge < -0.3 is 11.1 Å². The summed E-state index contributed by atoms with van der Waals surface area (Å²) in [4.78, 5) is 11.9. The molecule has 1 aliphatic carbocycles. The SMILES string of the molecule is NC(CC1CCCCC1)C(=O)Nc1cc(F)cc(F)c1. The number of rotatable bonds is 4. The maximum absolute atomic E-state index is 13.0. The van der Waals surface area contributed by atoms with Crippen molar-refractivity contribution in [2.24, 2.45) is 11.7 Å². The Kier molecular flexibility index (Phi) is 5.06. The second-order valence-corrected chi connectivity index (χ2v) is 5.49. The smallest absolute Gasteiger partial charge is 0.241 e. The average Bonchev–Trinajstić information content (AvgIpc) is 2.38. The van der Waals surface area contributed by atoms with Gasteiger partial charge >= 0.3 is 0 Å². The summed E-state index contributed by atoms with van der Waals surface area (Å²) in [5.41, 5.74) is 5.98. The summed E-state index contributed by atoms with van der Waals surface area (Å²) in [6.07, 6.45) is 6.47. The number of amides is 1. The normalized spacial score (nSPS) is 17.8. The molecule has 20 heavy (non-hydrogen) atoms. The number of benzene rings is 1. The Hall–Kier alpha value is -1.49. The molecule has 3 nitrogen and oxygen atoms in total. The topological polar surface area (TPSA) is 55.1 Å². The molecule has 0 aromatic heterocycles. The summed E-state index contributed by atoms with van der Waals surface area (Å²) in [6.45, 7) is 0. The zero-order valence-corrected chi connectivity index (χ0v) is 11.4. The summed E-state index contributed by atoms with van der Waals surface area (Å²) in [6, 6.07) is 2.28. The molecule has 0 bridgehead atoms. The van der Waals surface area contributed by atoms with Crippen LogP contribution in [-0.4, -0.2) is 11.9 Å². The van der Waals surface area contributed by atoms with Crippen molar-refractivity contribution in [1.82, 2.24) is 0 Å². The van der Waals surface area contributed by atoms with Crippen LogP contribution in [0.25, 0.3) is 0 Å². The van der Waals surface area contributed by atoms with Gasteiger partial charge in [0.05, 0.1) is 6.04 Å². The first-order valence-electron chi connectivity index (χ1n) is 7.07. The van der Waals surface area contributed by atoms with E-state index < -0.39 is 17.7 Å². The van der Waals surface area contributed by atoms with E-state index in [-0.39, 0.29) is 11.6 Å². The Labute approximate surface area is 117 Å². The number of hydrogen-bond donors (Lipinski definition) is 2. The Morgan fingerprint density at radius 3 is 2.40 bits per heavy atom. The molecule has 0 spiro atoms. The van der Waals surface area contributed by atoms with Crippen molar-refractivity contribution in [2.75, 3.05) is 5.32 Å². The summed E-state index contributed by atoms with van der Waals surface area (Å²) in [7, 11) is 0. The first kappa shape index (κ1) is 14.9. The highest BCUT2D eigenvalue weighted by molar-refractivity contribution is 5.94. The van der Waals surface area contributed by atoms with E-state index in [1.165, 1.54) is 19.3 Å². The van der Waals surface area contributed by atoms with E-state index in [2.05, 4.69) is 5.32 Å². The number of halogens is 2. The van der Waals surface area contributed by atoms with Crippen LogP contribution in [-0.2, 0) is 4.79 Å². The number of carbonyl (C=O) groups excluding carboxylic acids is 1. The molecule has 0 aliphatic heterocycles. The van der Waals surface area contributed by atoms with Gasteiger partial charge in [0.15, 0.2) is 0 Å². The van der Waals surface area contributed by atoms with E-state index in [0.29, 0.717) is 12.3 Å². The highest BCUT2D eigenvalue weighted by Crippen LogP contribution is 2.27. The summed E-state index contributed by atoms with van der Waals surface area (Å²) >= 11 is 0. The van der Waals surface area contributed by atoms with E-state index in [4.69, 9.17) is 5.73 Å². The minimum absolute atomic E-state index is 0.103. The lowest BCUT2D eigenvalue weighted by Gasteiger charge is -2.24. The zero-order chi connectivity index (χ0) is 14.5. The lowest BCUT2D eigenvalue weighted by molar-refractivity contribution is -0.117. The van der Waals surface area contributed by atoms with E-state index in [1.54, 1.807) is 0 Å². The second kappa shape index (κ2) is 6.79. The van der Waals surface area contributed by atoms with Gasteiger partial charge in [0.1, 0.15) is 11.6 Å². The van der Waals surface area contributed by atoms with Crippen molar-refractivity contribution < 1.29 is 13.6 Å². The third kappa shape index (κ3) is 4.27. The molecule has 0 heterocycles. The fourth-order valence-corrected chi connectivity index (χ4v) is 2.75. The van der Waals surface area contributed by atoms with Gasteiger partial charge in [0, 0.05) is 11.8 Å². The number of carbonyl (C=O) groups is 1. The van der Waals surface area contributed by atoms with Gasteiger partial charge in [0.2, 0.25) is 5.91 Å². The van der Waals surface area contributed by atoms with Gasteiger partial charge in [-0.25, -0.2) is 8.78 Å². The van der Waals surface area contributed by atoms with Crippen LogP contribution in [0.5, 0.6) is 0 Å². The standard InChI is InChI=1S/C15H20F2N2O/c16-11-7-12(17)9-13(8-11)19-15(20)14(18)6-10-4-2-1-3-5-10/h7-10,14H,1-6,18H2,(H,19,20). The molecule has 3 N–H and O–H groups in total. The van der Waals surface area contributed by atoms with Gasteiger partial charge in [-0.2, -0.15) is 0 Å². The molecule has 1 amide bonds. The van der Waals surface area contributed by atoms with Crippen LogP contribution in [0.15, 0.2) is 18.2 Å². The Morgan fingerprint density at radius 2 is 1.80 bits per heavy atom. The van der Waals surface area contributed by atoms with Crippen molar-refractivity contribution in [3.63, 3.8) is 0 Å². The van der Waals surface area contributed by atoms with Crippen molar-refractivity contribution in [3.05, 3.63) is 29.8 Å². The fourth-order valence-electron chi connectivity index (χ4n) is 2.75. The maximum atomic E-state index is 13.0. The second-order valence-electron chi connectivity index (χ2n) is 5.49. The summed E-state index contributed by atoms with van der Waals surface area (Å²) in [5.74, 6) is -1.35. The van der Waals surface area contributed by atoms with Gasteiger partial charge in [-0.3, -0.25) is 4.79 Å². The minimum atomic E-state index is -0.721. The molecular weight excluding hydrogens is 262 g/mol. The zero-order valence-electron chi connectivity index (χ0n) is 11.4. The molecule has 1 unspecified atom stereocenters. The molecule has 1 saturated carbocycles. The van der Waals surface area contributed by atoms with Crippen LogP contribution < -0.4 is 11.1 Å². The third-order valence-corrected chi connectivity index (χ3v) is 3.78. The van der Waals surface area contributed by atoms with Gasteiger partial charge in [0.25, 0.3) is 0 Å². The highest BCUT2D eigenvalue weighted by atomic mass is 19.1. The van der Waals surface area contributed by atoms with E-state index in [1.807, 2.05) is 0 Å². The number of anilines is 1. The van der Waals surface area contributed by atoms with Gasteiger partial charge in [-0.15, -0.1) is 0 Å².